The van der Waals surface area contributed by atoms with Crippen LogP contribution in [0, 0.1) is 0 Å². The minimum absolute atomic E-state index is 0.0162. The molecule has 4 heteroatoms. The Hall–Kier alpha value is -1.03. The number of fused-ring (bicyclic) bond motifs is 5. The van der Waals surface area contributed by atoms with Gasteiger partial charge < -0.3 is 11.1 Å². The van der Waals surface area contributed by atoms with Gasteiger partial charge in [-0.1, -0.05) is 0 Å². The summed E-state index contributed by atoms with van der Waals surface area (Å²) < 4.78 is 0. The van der Waals surface area contributed by atoms with Crippen LogP contribution in [0.3, 0.4) is 0 Å². The highest BCUT2D eigenvalue weighted by atomic mass is 32.1. The average Bonchev–Trinajstić information content (AvgIpc) is 2.86. The number of nitrogens with one attached hydrogen (secondary N) is 1. The van der Waals surface area contributed by atoms with Crippen LogP contribution in [-0.2, 0) is 0 Å². The van der Waals surface area contributed by atoms with Crippen molar-refractivity contribution < 1.29 is 4.79 Å². The molecule has 0 aliphatic heterocycles. The van der Waals surface area contributed by atoms with Crippen molar-refractivity contribution in [3.05, 3.63) is 16.0 Å². The second kappa shape index (κ2) is 2.98. The Morgan fingerprint density at radius 2 is 2.20 bits per heavy atom. The van der Waals surface area contributed by atoms with Crippen molar-refractivity contribution in [3.8, 4) is 0 Å². The predicted octanol–water partition coefficient (Wildman–Crippen LogP) is 2.05. The third kappa shape index (κ3) is 1.08. The SMILES string of the molecule is CNC(=O)c1c(N)sc2c1C1CCC2C1. The molecule has 3 rings (SSSR count). The molecule has 3 N–H and O–H groups in total. The van der Waals surface area contributed by atoms with Gasteiger partial charge >= 0.3 is 0 Å². The Kier molecular flexibility index (Phi) is 1.83. The number of nitrogens with two attached hydrogens (primary N) is 1. The Morgan fingerprint density at radius 3 is 2.93 bits per heavy atom. The van der Waals surface area contributed by atoms with Gasteiger partial charge in [0.1, 0.15) is 0 Å². The number of amides is 1. The van der Waals surface area contributed by atoms with E-state index in [9.17, 15) is 4.79 Å². The van der Waals surface area contributed by atoms with Gasteiger partial charge in [-0.15, -0.1) is 11.3 Å². The van der Waals surface area contributed by atoms with Crippen LogP contribution in [0.1, 0.15) is 51.9 Å². The zero-order valence-corrected chi connectivity index (χ0v) is 9.49. The van der Waals surface area contributed by atoms with Gasteiger partial charge in [-0.05, 0) is 36.7 Å². The molecule has 2 aliphatic carbocycles. The Bertz CT molecular complexity index is 438. The van der Waals surface area contributed by atoms with Crippen molar-refractivity contribution >= 4 is 22.2 Å². The number of carbonyl (C=O) groups is 1. The second-order valence-electron chi connectivity index (χ2n) is 4.41. The summed E-state index contributed by atoms with van der Waals surface area (Å²) in [4.78, 5) is 13.1. The van der Waals surface area contributed by atoms with Gasteiger partial charge in [0.2, 0.25) is 0 Å². The largest absolute Gasteiger partial charge is 0.390 e. The van der Waals surface area contributed by atoms with Gasteiger partial charge in [-0.25, -0.2) is 0 Å². The molecular formula is C11H14N2OS. The van der Waals surface area contributed by atoms with E-state index in [1.807, 2.05) is 0 Å². The molecule has 1 saturated carbocycles. The number of rotatable bonds is 1. The fraction of sp³-hybridized carbons (Fsp3) is 0.545. The van der Waals surface area contributed by atoms with Crippen molar-refractivity contribution in [1.29, 1.82) is 0 Å². The van der Waals surface area contributed by atoms with Gasteiger partial charge in [0.25, 0.3) is 5.91 Å². The topological polar surface area (TPSA) is 55.1 Å². The Morgan fingerprint density at radius 1 is 1.47 bits per heavy atom. The van der Waals surface area contributed by atoms with E-state index < -0.39 is 0 Å². The fourth-order valence-corrected chi connectivity index (χ4v) is 4.33. The van der Waals surface area contributed by atoms with E-state index in [0.29, 0.717) is 16.8 Å². The first kappa shape index (κ1) is 9.21. The highest BCUT2D eigenvalue weighted by Gasteiger charge is 2.42. The second-order valence-corrected chi connectivity index (χ2v) is 5.49. The maximum Gasteiger partial charge on any atom is 0.254 e. The lowest BCUT2D eigenvalue weighted by molar-refractivity contribution is 0.0963. The molecule has 3 nitrogen and oxygen atoms in total. The Labute approximate surface area is 92.7 Å². The summed E-state index contributed by atoms with van der Waals surface area (Å²) in [6.45, 7) is 0. The third-order valence-corrected chi connectivity index (χ3v) is 4.86. The lowest BCUT2D eigenvalue weighted by Crippen LogP contribution is -2.20. The minimum atomic E-state index is -0.0162. The summed E-state index contributed by atoms with van der Waals surface area (Å²) in [6, 6.07) is 0. The average molecular weight is 222 g/mol. The van der Waals surface area contributed by atoms with Crippen LogP contribution in [0.15, 0.2) is 0 Å². The molecule has 0 radical (unpaired) electrons. The summed E-state index contributed by atoms with van der Waals surface area (Å²) in [7, 11) is 1.67. The van der Waals surface area contributed by atoms with E-state index in [2.05, 4.69) is 5.32 Å². The van der Waals surface area contributed by atoms with Crippen LogP contribution >= 0.6 is 11.3 Å². The van der Waals surface area contributed by atoms with Crippen LogP contribution in [-0.4, -0.2) is 13.0 Å². The number of anilines is 1. The van der Waals surface area contributed by atoms with E-state index in [4.69, 9.17) is 5.73 Å². The van der Waals surface area contributed by atoms with E-state index in [-0.39, 0.29) is 5.91 Å². The van der Waals surface area contributed by atoms with Crippen LogP contribution in [0.4, 0.5) is 5.00 Å². The van der Waals surface area contributed by atoms with Gasteiger partial charge in [-0.2, -0.15) is 0 Å². The van der Waals surface area contributed by atoms with Gasteiger partial charge in [0, 0.05) is 11.9 Å². The molecule has 1 aromatic heterocycles. The first-order chi connectivity index (χ1) is 7.22. The van der Waals surface area contributed by atoms with Crippen LogP contribution in [0.25, 0.3) is 0 Å². The number of thiophene rings is 1. The zero-order valence-electron chi connectivity index (χ0n) is 8.67. The Balaban J connectivity index is 2.16. The maximum atomic E-state index is 11.7. The lowest BCUT2D eigenvalue weighted by Gasteiger charge is -2.11. The molecule has 2 aliphatic rings. The van der Waals surface area contributed by atoms with Crippen LogP contribution in [0.2, 0.25) is 0 Å². The molecule has 0 spiro atoms. The summed E-state index contributed by atoms with van der Waals surface area (Å²) in [6.07, 6.45) is 3.76. The minimum Gasteiger partial charge on any atom is -0.390 e. The first-order valence-corrected chi connectivity index (χ1v) is 6.18. The smallest absolute Gasteiger partial charge is 0.254 e. The molecule has 0 saturated heterocycles. The summed E-state index contributed by atoms with van der Waals surface area (Å²) >= 11 is 1.63. The quantitative estimate of drug-likeness (QED) is 0.764. The highest BCUT2D eigenvalue weighted by Crippen LogP contribution is 2.58. The number of hydrogen-bond acceptors (Lipinski definition) is 3. The van der Waals surface area contributed by atoms with Crippen LogP contribution < -0.4 is 11.1 Å². The maximum absolute atomic E-state index is 11.7. The van der Waals surface area contributed by atoms with E-state index >= 15 is 0 Å². The van der Waals surface area contributed by atoms with Crippen molar-refractivity contribution in [3.63, 3.8) is 0 Å². The number of carbonyl (C=O) groups excluding carboxylic acids is 1. The molecule has 1 heterocycles. The summed E-state index contributed by atoms with van der Waals surface area (Å²) in [5, 5.41) is 3.39. The number of hydrogen-bond donors (Lipinski definition) is 2. The molecule has 2 atom stereocenters. The van der Waals surface area contributed by atoms with E-state index in [1.165, 1.54) is 29.7 Å². The summed E-state index contributed by atoms with van der Waals surface area (Å²) in [5.74, 6) is 1.28. The zero-order chi connectivity index (χ0) is 10.6. The van der Waals surface area contributed by atoms with Crippen molar-refractivity contribution in [1.82, 2.24) is 5.32 Å². The van der Waals surface area contributed by atoms with Gasteiger partial charge in [0.15, 0.2) is 0 Å². The molecule has 1 aromatic rings. The molecule has 2 bridgehead atoms. The van der Waals surface area contributed by atoms with Crippen molar-refractivity contribution in [2.45, 2.75) is 31.1 Å². The predicted molar refractivity (Wildman–Crippen MR) is 61.5 cm³/mol. The number of nitrogen functional groups attached to an aromatic ring is 1. The van der Waals surface area contributed by atoms with E-state index in [0.717, 1.165) is 5.56 Å². The van der Waals surface area contributed by atoms with Gasteiger partial charge in [-0.3, -0.25) is 4.79 Å². The molecule has 2 unspecified atom stereocenters. The standard InChI is InChI=1S/C11H14N2OS/c1-13-11(14)8-7-5-2-3-6(4-5)9(7)15-10(8)12/h5-6H,2-4,12H2,1H3,(H,13,14). The first-order valence-electron chi connectivity index (χ1n) is 5.36. The van der Waals surface area contributed by atoms with Crippen molar-refractivity contribution in [2.75, 3.05) is 12.8 Å². The van der Waals surface area contributed by atoms with Crippen molar-refractivity contribution in [2.24, 2.45) is 0 Å². The molecule has 0 aromatic carbocycles. The fourth-order valence-electron chi connectivity index (χ4n) is 3.03. The summed E-state index contributed by atoms with van der Waals surface area (Å²) in [5.41, 5.74) is 7.98. The molecule has 15 heavy (non-hydrogen) atoms. The van der Waals surface area contributed by atoms with Crippen LogP contribution in [0.5, 0.6) is 0 Å². The third-order valence-electron chi connectivity index (χ3n) is 3.67. The van der Waals surface area contributed by atoms with Gasteiger partial charge in [0.05, 0.1) is 10.6 Å². The molecular weight excluding hydrogens is 208 g/mol. The lowest BCUT2D eigenvalue weighted by atomic mass is 9.94. The molecule has 1 amide bonds. The molecule has 1 fully saturated rings. The van der Waals surface area contributed by atoms with E-state index in [1.54, 1.807) is 18.4 Å². The highest BCUT2D eigenvalue weighted by molar-refractivity contribution is 7.16. The normalized spacial score (nSPS) is 26.7. The molecule has 80 valence electrons. The monoisotopic (exact) mass is 222 g/mol.